The lowest BCUT2D eigenvalue weighted by Gasteiger charge is -2.02. The van der Waals surface area contributed by atoms with Gasteiger partial charge in [-0.3, -0.25) is 14.9 Å². The Labute approximate surface area is 109 Å². The monoisotopic (exact) mass is 258 g/mol. The Hall–Kier alpha value is -2.76. The van der Waals surface area contributed by atoms with Crippen molar-refractivity contribution in [1.82, 2.24) is 0 Å². The van der Waals surface area contributed by atoms with Crippen molar-refractivity contribution >= 4 is 11.6 Å². The lowest BCUT2D eigenvalue weighted by Crippen LogP contribution is -2.47. The van der Waals surface area contributed by atoms with Crippen molar-refractivity contribution < 1.29 is 14.4 Å². The average molecular weight is 258 g/mol. The van der Waals surface area contributed by atoms with Crippen molar-refractivity contribution in [2.24, 2.45) is 0 Å². The number of nitrogens with one attached hydrogen (secondary N) is 1. The van der Waals surface area contributed by atoms with Crippen molar-refractivity contribution in [1.29, 1.82) is 0 Å². The molecule has 6 nitrogen and oxygen atoms in total. The second kappa shape index (κ2) is 5.26. The van der Waals surface area contributed by atoms with E-state index in [4.69, 9.17) is 0 Å². The molecule has 0 aliphatic carbocycles. The van der Waals surface area contributed by atoms with Gasteiger partial charge in [-0.25, -0.2) is 0 Å². The van der Waals surface area contributed by atoms with E-state index in [2.05, 4.69) is 5.43 Å². The summed E-state index contributed by atoms with van der Waals surface area (Å²) in [6.45, 7) is 1.77. The first-order valence-corrected chi connectivity index (χ1v) is 5.60. The lowest BCUT2D eigenvalue weighted by molar-refractivity contribution is -0.641. The van der Waals surface area contributed by atoms with Crippen LogP contribution in [-0.2, 0) is 0 Å². The van der Waals surface area contributed by atoms with Crippen LogP contribution in [0.15, 0.2) is 48.8 Å². The quantitative estimate of drug-likeness (QED) is 0.516. The van der Waals surface area contributed by atoms with Crippen LogP contribution in [0, 0.1) is 17.0 Å². The first-order chi connectivity index (χ1) is 9.08. The molecule has 1 N–H and O–H groups in total. The summed E-state index contributed by atoms with van der Waals surface area (Å²) in [5, 5.41) is 10.9. The molecule has 1 amide bonds. The molecule has 2 aromatic rings. The number of aryl methyl sites for hydroxylation is 1. The second-order valence-electron chi connectivity index (χ2n) is 4.00. The van der Waals surface area contributed by atoms with Crippen molar-refractivity contribution in [3.05, 3.63) is 70.0 Å². The van der Waals surface area contributed by atoms with Crippen molar-refractivity contribution in [3.8, 4) is 0 Å². The summed E-state index contributed by atoms with van der Waals surface area (Å²) in [6, 6.07) is 9.72. The molecule has 0 fully saturated rings. The predicted octanol–water partition coefficient (Wildman–Crippen LogP) is 1.57. The predicted molar refractivity (Wildman–Crippen MR) is 68.2 cm³/mol. The third kappa shape index (κ3) is 2.92. The summed E-state index contributed by atoms with van der Waals surface area (Å²) in [7, 11) is 0. The Morgan fingerprint density at radius 1 is 1.26 bits per heavy atom. The number of pyridine rings is 1. The Kier molecular flexibility index (Phi) is 3.51. The van der Waals surface area contributed by atoms with E-state index in [0.29, 0.717) is 0 Å². The van der Waals surface area contributed by atoms with Crippen LogP contribution in [0.2, 0.25) is 0 Å². The van der Waals surface area contributed by atoms with Gasteiger partial charge in [-0.1, -0.05) is 16.8 Å². The molecule has 96 valence electrons. The maximum absolute atomic E-state index is 12.1. The third-order valence-corrected chi connectivity index (χ3v) is 2.54. The minimum absolute atomic E-state index is 0.0429. The number of nitro benzene ring substituents is 1. The second-order valence-corrected chi connectivity index (χ2v) is 4.00. The molecule has 0 radical (unpaired) electrons. The van der Waals surface area contributed by atoms with Gasteiger partial charge < -0.3 is 0 Å². The Morgan fingerprint density at radius 2 is 1.95 bits per heavy atom. The van der Waals surface area contributed by atoms with Gasteiger partial charge >= 0.3 is 5.91 Å². The topological polar surface area (TPSA) is 76.1 Å². The highest BCUT2D eigenvalue weighted by atomic mass is 16.6. The number of amides is 1. The smallest absolute Gasteiger partial charge is 0.263 e. The summed E-state index contributed by atoms with van der Waals surface area (Å²) in [5.74, 6) is -0.522. The Morgan fingerprint density at radius 3 is 2.58 bits per heavy atom. The number of aromatic nitrogens is 1. The molecule has 0 saturated carbocycles. The van der Waals surface area contributed by atoms with E-state index in [9.17, 15) is 14.9 Å². The molecule has 6 heteroatoms. The molecule has 0 unspecified atom stereocenters. The molecule has 0 aliphatic heterocycles. The van der Waals surface area contributed by atoms with E-state index in [1.54, 1.807) is 43.6 Å². The van der Waals surface area contributed by atoms with Crippen LogP contribution in [0.1, 0.15) is 15.9 Å². The standard InChI is InChI=1S/C13H11N3O3/c1-10-5-6-12(16(18)19)11(9-10)13(17)14-15-7-3-2-4-8-15/h2-9H,1H3/p+1. The summed E-state index contributed by atoms with van der Waals surface area (Å²) in [5.41, 5.74) is 3.17. The highest BCUT2D eigenvalue weighted by molar-refractivity contribution is 6.02. The molecule has 0 bridgehead atoms. The van der Waals surface area contributed by atoms with Gasteiger partial charge in [0.25, 0.3) is 5.69 Å². The fourth-order valence-electron chi connectivity index (χ4n) is 1.64. The molecular formula is C13H12N3O3+. The molecule has 2 rings (SSSR count). The first-order valence-electron chi connectivity index (χ1n) is 5.60. The SMILES string of the molecule is Cc1ccc([N+](=O)[O-])c(C(=O)N[n+]2ccccc2)c1. The van der Waals surface area contributed by atoms with Gasteiger partial charge in [0.15, 0.2) is 12.4 Å². The maximum atomic E-state index is 12.1. The molecule has 0 saturated heterocycles. The van der Waals surface area contributed by atoms with E-state index < -0.39 is 10.8 Å². The minimum atomic E-state index is -0.565. The number of rotatable bonds is 3. The van der Waals surface area contributed by atoms with Crippen LogP contribution in [0.3, 0.4) is 0 Å². The molecule has 19 heavy (non-hydrogen) atoms. The highest BCUT2D eigenvalue weighted by Gasteiger charge is 2.22. The number of nitro groups is 1. The number of hydrogen-bond donors (Lipinski definition) is 1. The number of carbonyl (C=O) groups excluding carboxylic acids is 1. The molecule has 1 aromatic heterocycles. The Balaban J connectivity index is 2.33. The van der Waals surface area contributed by atoms with Crippen LogP contribution in [0.5, 0.6) is 0 Å². The molecule has 0 aliphatic rings. The van der Waals surface area contributed by atoms with E-state index in [0.717, 1.165) is 5.56 Å². The minimum Gasteiger partial charge on any atom is -0.263 e. The Bertz CT molecular complexity index is 626. The van der Waals surface area contributed by atoms with Crippen LogP contribution in [0.4, 0.5) is 5.69 Å². The number of hydrogen-bond acceptors (Lipinski definition) is 3. The number of benzene rings is 1. The first kappa shape index (κ1) is 12.7. The van der Waals surface area contributed by atoms with Gasteiger partial charge in [-0.2, -0.15) is 0 Å². The van der Waals surface area contributed by atoms with E-state index in [1.807, 2.05) is 0 Å². The highest BCUT2D eigenvalue weighted by Crippen LogP contribution is 2.19. The largest absolute Gasteiger partial charge is 0.312 e. The van der Waals surface area contributed by atoms with Crippen molar-refractivity contribution in [2.75, 3.05) is 5.43 Å². The number of carbonyl (C=O) groups is 1. The zero-order valence-corrected chi connectivity index (χ0v) is 10.2. The summed E-state index contributed by atoms with van der Waals surface area (Å²) in [6.07, 6.45) is 3.28. The third-order valence-electron chi connectivity index (χ3n) is 2.54. The van der Waals surface area contributed by atoms with Gasteiger partial charge in [0, 0.05) is 18.2 Å². The summed E-state index contributed by atoms with van der Waals surface area (Å²) >= 11 is 0. The normalized spacial score (nSPS) is 9.95. The molecule has 0 atom stereocenters. The van der Waals surface area contributed by atoms with Crippen LogP contribution >= 0.6 is 0 Å². The summed E-state index contributed by atoms with van der Waals surface area (Å²) in [4.78, 5) is 22.4. The zero-order valence-electron chi connectivity index (χ0n) is 10.2. The van der Waals surface area contributed by atoms with Crippen LogP contribution in [0.25, 0.3) is 0 Å². The fraction of sp³-hybridized carbons (Fsp3) is 0.0769. The van der Waals surface area contributed by atoms with Gasteiger partial charge in [0.1, 0.15) is 5.56 Å². The lowest BCUT2D eigenvalue weighted by atomic mass is 10.1. The molecule has 1 aromatic carbocycles. The average Bonchev–Trinajstić information content (AvgIpc) is 2.39. The van der Waals surface area contributed by atoms with Crippen LogP contribution in [-0.4, -0.2) is 10.8 Å². The van der Waals surface area contributed by atoms with Crippen LogP contribution < -0.4 is 10.1 Å². The van der Waals surface area contributed by atoms with Gasteiger partial charge in [-0.15, -0.1) is 5.43 Å². The molecule has 1 heterocycles. The van der Waals surface area contributed by atoms with Gasteiger partial charge in [-0.05, 0) is 18.6 Å². The fourth-order valence-corrected chi connectivity index (χ4v) is 1.64. The summed E-state index contributed by atoms with van der Waals surface area (Å²) < 4.78 is 1.44. The zero-order chi connectivity index (χ0) is 13.8. The van der Waals surface area contributed by atoms with Crippen molar-refractivity contribution in [3.63, 3.8) is 0 Å². The molecule has 0 spiro atoms. The molecular weight excluding hydrogens is 246 g/mol. The number of nitrogens with zero attached hydrogens (tertiary/aromatic N) is 2. The van der Waals surface area contributed by atoms with Gasteiger partial charge in [0.05, 0.1) is 4.92 Å². The maximum Gasteiger partial charge on any atom is 0.312 e. The van der Waals surface area contributed by atoms with E-state index in [-0.39, 0.29) is 11.3 Å². The van der Waals surface area contributed by atoms with E-state index >= 15 is 0 Å². The van der Waals surface area contributed by atoms with E-state index in [1.165, 1.54) is 16.8 Å². The van der Waals surface area contributed by atoms with Gasteiger partial charge in [0.2, 0.25) is 0 Å². The van der Waals surface area contributed by atoms with Crippen molar-refractivity contribution in [2.45, 2.75) is 6.92 Å².